The Hall–Kier alpha value is -1.10. The molecule has 0 amide bonds. The number of carboxylic acid groups (broad SMARTS) is 1. The molecule has 0 aliphatic heterocycles. The van der Waals surface area contributed by atoms with Crippen molar-refractivity contribution in [2.45, 2.75) is 38.9 Å². The molecule has 0 spiro atoms. The lowest BCUT2D eigenvalue weighted by atomic mass is 10.3. The molecule has 0 bridgehead atoms. The van der Waals surface area contributed by atoms with Gasteiger partial charge in [0.2, 0.25) is 5.76 Å². The Balaban J connectivity index is 2.56. The molecule has 1 N–H and O–H groups in total. The minimum absolute atomic E-state index is 0.0805. The molecule has 1 rings (SSSR count). The number of furan rings is 1. The monoisotopic (exact) mass is 258 g/mol. The van der Waals surface area contributed by atoms with Crippen LogP contribution in [0.3, 0.4) is 0 Å². The number of aromatic carboxylic acids is 1. The van der Waals surface area contributed by atoms with Gasteiger partial charge in [0.25, 0.3) is 0 Å². The number of carbonyl (C=O) groups is 1. The molecular weight excluding hydrogens is 240 g/mol. The lowest BCUT2D eigenvalue weighted by Gasteiger charge is -2.00. The Bertz CT molecular complexity index is 409. The van der Waals surface area contributed by atoms with E-state index in [-0.39, 0.29) is 5.76 Å². The van der Waals surface area contributed by atoms with Crippen LogP contribution in [0.4, 0.5) is 0 Å². The van der Waals surface area contributed by atoms with Crippen molar-refractivity contribution >= 4 is 16.8 Å². The van der Waals surface area contributed by atoms with Crippen molar-refractivity contribution in [3.8, 4) is 0 Å². The summed E-state index contributed by atoms with van der Waals surface area (Å²) in [5.74, 6) is 0.429. The molecule has 17 heavy (non-hydrogen) atoms. The van der Waals surface area contributed by atoms with Crippen LogP contribution in [0.5, 0.6) is 0 Å². The van der Waals surface area contributed by atoms with Crippen LogP contribution in [-0.2, 0) is 16.6 Å². The van der Waals surface area contributed by atoms with Gasteiger partial charge in [0.15, 0.2) is 0 Å². The lowest BCUT2D eigenvalue weighted by Crippen LogP contribution is -2.01. The summed E-state index contributed by atoms with van der Waals surface area (Å²) in [4.78, 5) is 10.7. The van der Waals surface area contributed by atoms with Crippen LogP contribution in [0.2, 0.25) is 0 Å². The first-order valence-electron chi connectivity index (χ1n) is 5.72. The highest BCUT2D eigenvalue weighted by Gasteiger charge is 2.14. The van der Waals surface area contributed by atoms with Crippen LogP contribution < -0.4 is 0 Å². The summed E-state index contributed by atoms with van der Waals surface area (Å²) in [5.41, 5.74) is 0.734. The number of carboxylic acids is 1. The van der Waals surface area contributed by atoms with E-state index in [1.165, 1.54) is 6.07 Å². The number of rotatable bonds is 7. The van der Waals surface area contributed by atoms with Gasteiger partial charge in [0, 0.05) is 22.1 Å². The summed E-state index contributed by atoms with van der Waals surface area (Å²) in [7, 11) is -0.936. The van der Waals surface area contributed by atoms with Crippen molar-refractivity contribution < 1.29 is 18.5 Å². The highest BCUT2D eigenvalue weighted by molar-refractivity contribution is 7.84. The van der Waals surface area contributed by atoms with Gasteiger partial charge in [-0.3, -0.25) is 4.21 Å². The minimum Gasteiger partial charge on any atom is -0.475 e. The van der Waals surface area contributed by atoms with E-state index in [0.717, 1.165) is 24.8 Å². The Morgan fingerprint density at radius 2 is 2.18 bits per heavy atom. The van der Waals surface area contributed by atoms with Crippen LogP contribution >= 0.6 is 0 Å². The van der Waals surface area contributed by atoms with Gasteiger partial charge < -0.3 is 9.52 Å². The van der Waals surface area contributed by atoms with Crippen molar-refractivity contribution in [2.75, 3.05) is 5.75 Å². The predicted octanol–water partition coefficient (Wildman–Crippen LogP) is 2.73. The van der Waals surface area contributed by atoms with E-state index in [4.69, 9.17) is 9.52 Å². The molecule has 1 aromatic heterocycles. The minimum atomic E-state index is -1.09. The molecule has 5 heteroatoms. The van der Waals surface area contributed by atoms with E-state index in [2.05, 4.69) is 6.92 Å². The molecular formula is C12H18O4S. The zero-order chi connectivity index (χ0) is 12.8. The van der Waals surface area contributed by atoms with Crippen LogP contribution in [0.1, 0.15) is 48.1 Å². The SMILES string of the molecule is CCCCCS(=O)Cc1cc(C(=O)O)oc1C. The van der Waals surface area contributed by atoms with Gasteiger partial charge in [-0.1, -0.05) is 19.8 Å². The molecule has 0 aromatic carbocycles. The zero-order valence-corrected chi connectivity index (χ0v) is 11.0. The van der Waals surface area contributed by atoms with E-state index in [0.29, 0.717) is 17.3 Å². The highest BCUT2D eigenvalue weighted by Crippen LogP contribution is 2.17. The van der Waals surface area contributed by atoms with Gasteiger partial charge in [0.05, 0.1) is 5.75 Å². The summed E-state index contributed by atoms with van der Waals surface area (Å²) in [6.07, 6.45) is 3.13. The largest absolute Gasteiger partial charge is 0.475 e. The molecule has 0 fully saturated rings. The molecule has 1 aromatic rings. The van der Waals surface area contributed by atoms with Gasteiger partial charge in [-0.15, -0.1) is 0 Å². The van der Waals surface area contributed by atoms with Crippen molar-refractivity contribution in [3.63, 3.8) is 0 Å². The van der Waals surface area contributed by atoms with E-state index < -0.39 is 16.8 Å². The van der Waals surface area contributed by atoms with Crippen molar-refractivity contribution in [3.05, 3.63) is 23.2 Å². The van der Waals surface area contributed by atoms with Gasteiger partial charge in [-0.25, -0.2) is 4.79 Å². The first kappa shape index (κ1) is 14.0. The summed E-state index contributed by atoms with van der Waals surface area (Å²) in [6.45, 7) is 3.80. The first-order valence-corrected chi connectivity index (χ1v) is 7.21. The van der Waals surface area contributed by atoms with Crippen LogP contribution in [0.15, 0.2) is 10.5 Å². The number of aryl methyl sites for hydroxylation is 1. The third kappa shape index (κ3) is 4.34. The van der Waals surface area contributed by atoms with Gasteiger partial charge in [-0.05, 0) is 19.4 Å². The normalized spacial score (nSPS) is 12.6. The summed E-state index contributed by atoms with van der Waals surface area (Å²) in [6, 6.07) is 1.47. The molecule has 4 nitrogen and oxygen atoms in total. The zero-order valence-electron chi connectivity index (χ0n) is 10.2. The smallest absolute Gasteiger partial charge is 0.371 e. The number of hydrogen-bond donors (Lipinski definition) is 1. The van der Waals surface area contributed by atoms with E-state index in [1.54, 1.807) is 6.92 Å². The number of unbranched alkanes of at least 4 members (excludes halogenated alkanes) is 2. The third-order valence-corrected chi connectivity index (χ3v) is 3.90. The van der Waals surface area contributed by atoms with Crippen molar-refractivity contribution in [1.29, 1.82) is 0 Å². The van der Waals surface area contributed by atoms with Crippen molar-refractivity contribution in [2.24, 2.45) is 0 Å². The Kier molecular flexibility index (Phi) is 5.41. The summed E-state index contributed by atoms with van der Waals surface area (Å²) >= 11 is 0. The second kappa shape index (κ2) is 6.59. The second-order valence-corrected chi connectivity index (χ2v) is 5.57. The van der Waals surface area contributed by atoms with E-state index >= 15 is 0 Å². The lowest BCUT2D eigenvalue weighted by molar-refractivity contribution is 0.0661. The molecule has 0 radical (unpaired) electrons. The summed E-state index contributed by atoms with van der Waals surface area (Å²) < 4.78 is 16.8. The van der Waals surface area contributed by atoms with Crippen LogP contribution in [-0.4, -0.2) is 21.0 Å². The topological polar surface area (TPSA) is 67.5 Å². The fourth-order valence-electron chi connectivity index (χ4n) is 1.53. The molecule has 1 unspecified atom stereocenters. The van der Waals surface area contributed by atoms with E-state index in [9.17, 15) is 9.00 Å². The average molecular weight is 258 g/mol. The average Bonchev–Trinajstić information content (AvgIpc) is 2.61. The van der Waals surface area contributed by atoms with E-state index in [1.807, 2.05) is 0 Å². The molecule has 1 heterocycles. The fraction of sp³-hybridized carbons (Fsp3) is 0.583. The van der Waals surface area contributed by atoms with Crippen LogP contribution in [0, 0.1) is 6.92 Å². The maximum absolute atomic E-state index is 11.7. The van der Waals surface area contributed by atoms with Gasteiger partial charge >= 0.3 is 5.97 Å². The van der Waals surface area contributed by atoms with Crippen molar-refractivity contribution in [1.82, 2.24) is 0 Å². The highest BCUT2D eigenvalue weighted by atomic mass is 32.2. The molecule has 0 aliphatic rings. The maximum Gasteiger partial charge on any atom is 0.371 e. The standard InChI is InChI=1S/C12H18O4S/c1-3-4-5-6-17(15)8-10-7-11(12(13)14)16-9(10)2/h7H,3-6,8H2,1-2H3,(H,13,14). The predicted molar refractivity (Wildman–Crippen MR) is 66.6 cm³/mol. The van der Waals surface area contributed by atoms with Crippen LogP contribution in [0.25, 0.3) is 0 Å². The molecule has 96 valence electrons. The number of hydrogen-bond acceptors (Lipinski definition) is 3. The summed E-state index contributed by atoms with van der Waals surface area (Å²) in [5, 5.41) is 8.76. The molecule has 0 saturated carbocycles. The Morgan fingerprint density at radius 1 is 1.47 bits per heavy atom. The Labute approximate surface area is 103 Å². The molecule has 0 aliphatic carbocycles. The molecule has 0 saturated heterocycles. The Morgan fingerprint density at radius 3 is 2.71 bits per heavy atom. The first-order chi connectivity index (χ1) is 8.04. The maximum atomic E-state index is 11.7. The fourth-order valence-corrected chi connectivity index (χ4v) is 2.83. The van der Waals surface area contributed by atoms with Gasteiger partial charge in [-0.2, -0.15) is 0 Å². The van der Waals surface area contributed by atoms with Gasteiger partial charge in [0.1, 0.15) is 5.76 Å². The second-order valence-electron chi connectivity index (χ2n) is 3.99. The quantitative estimate of drug-likeness (QED) is 0.763. The molecule has 1 atom stereocenters. The third-order valence-electron chi connectivity index (χ3n) is 2.52.